The van der Waals surface area contributed by atoms with E-state index in [1.807, 2.05) is 0 Å². The van der Waals surface area contributed by atoms with Crippen LogP contribution in [-0.4, -0.2) is 33.6 Å². The lowest BCUT2D eigenvalue weighted by Gasteiger charge is -2.64. The van der Waals surface area contributed by atoms with Crippen molar-refractivity contribution in [1.29, 1.82) is 0 Å². The molecule has 4 aliphatic rings. The second-order valence-electron chi connectivity index (χ2n) is 10.3. The van der Waals surface area contributed by atoms with Gasteiger partial charge < -0.3 is 15.3 Å². The van der Waals surface area contributed by atoms with Gasteiger partial charge in [0.1, 0.15) is 0 Å². The van der Waals surface area contributed by atoms with E-state index in [2.05, 4.69) is 20.8 Å². The van der Waals surface area contributed by atoms with Gasteiger partial charge in [0, 0.05) is 0 Å². The van der Waals surface area contributed by atoms with E-state index >= 15 is 0 Å². The van der Waals surface area contributed by atoms with Crippen molar-refractivity contribution in [2.24, 2.45) is 34.0 Å². The molecular formula is C20H34O3. The lowest BCUT2D eigenvalue weighted by molar-refractivity contribution is -0.180. The Morgan fingerprint density at radius 1 is 0.957 bits per heavy atom. The molecule has 0 aromatic heterocycles. The predicted molar refractivity (Wildman–Crippen MR) is 89.8 cm³/mol. The van der Waals surface area contributed by atoms with E-state index in [4.69, 9.17) is 0 Å². The van der Waals surface area contributed by atoms with Gasteiger partial charge in [-0.1, -0.05) is 20.8 Å². The highest BCUT2D eigenvalue weighted by atomic mass is 16.3. The van der Waals surface area contributed by atoms with Crippen LogP contribution in [0.1, 0.15) is 72.1 Å². The van der Waals surface area contributed by atoms with Gasteiger partial charge in [-0.05, 0) is 85.4 Å². The zero-order chi connectivity index (χ0) is 16.7. The van der Waals surface area contributed by atoms with Crippen molar-refractivity contribution in [2.45, 2.75) is 83.8 Å². The van der Waals surface area contributed by atoms with Gasteiger partial charge in [0.25, 0.3) is 0 Å². The minimum Gasteiger partial charge on any atom is -0.393 e. The number of aliphatic hydroxyl groups is 3. The fraction of sp³-hybridized carbons (Fsp3) is 1.00. The van der Waals surface area contributed by atoms with E-state index < -0.39 is 5.60 Å². The molecule has 3 heteroatoms. The first-order valence-corrected chi connectivity index (χ1v) is 9.69. The molecule has 23 heavy (non-hydrogen) atoms. The number of aliphatic hydroxyl groups excluding tert-OH is 2. The summed E-state index contributed by atoms with van der Waals surface area (Å²) in [7, 11) is 0. The van der Waals surface area contributed by atoms with Crippen molar-refractivity contribution < 1.29 is 15.3 Å². The molecule has 4 saturated carbocycles. The standard InChI is InChI=1S/C20H34O3/c1-17(2)14-6-9-19-10-13(20(23,11-19)12-21)4-5-15(19)18(14,3)8-7-16(17)22/h13-16,21-23H,4-12H2,1-3H3/t13-,14+,15-,16-,18-,19+,20+/m1/s1. The third kappa shape index (κ3) is 1.93. The van der Waals surface area contributed by atoms with E-state index in [9.17, 15) is 15.3 Å². The van der Waals surface area contributed by atoms with Crippen molar-refractivity contribution in [3.63, 3.8) is 0 Å². The van der Waals surface area contributed by atoms with E-state index in [1.165, 1.54) is 19.3 Å². The highest BCUT2D eigenvalue weighted by molar-refractivity contribution is 5.17. The Morgan fingerprint density at radius 3 is 2.39 bits per heavy atom. The van der Waals surface area contributed by atoms with Crippen molar-refractivity contribution in [3.8, 4) is 0 Å². The van der Waals surface area contributed by atoms with Crippen LogP contribution in [-0.2, 0) is 0 Å². The lowest BCUT2D eigenvalue weighted by Crippen LogP contribution is -2.59. The topological polar surface area (TPSA) is 60.7 Å². The van der Waals surface area contributed by atoms with Crippen LogP contribution in [0.25, 0.3) is 0 Å². The van der Waals surface area contributed by atoms with Crippen molar-refractivity contribution >= 4 is 0 Å². The highest BCUT2D eigenvalue weighted by Gasteiger charge is 2.67. The van der Waals surface area contributed by atoms with Crippen LogP contribution in [0.5, 0.6) is 0 Å². The lowest BCUT2D eigenvalue weighted by atomic mass is 9.41. The van der Waals surface area contributed by atoms with Gasteiger partial charge in [0.2, 0.25) is 0 Å². The molecule has 0 amide bonds. The molecule has 4 rings (SSSR count). The summed E-state index contributed by atoms with van der Waals surface area (Å²) < 4.78 is 0. The van der Waals surface area contributed by atoms with Crippen LogP contribution in [0.4, 0.5) is 0 Å². The number of hydrogen-bond acceptors (Lipinski definition) is 3. The van der Waals surface area contributed by atoms with E-state index in [0.717, 1.165) is 32.1 Å². The third-order valence-corrected chi connectivity index (χ3v) is 9.12. The molecule has 0 unspecified atom stereocenters. The minimum atomic E-state index is -0.832. The summed E-state index contributed by atoms with van der Waals surface area (Å²) in [5.74, 6) is 1.53. The summed E-state index contributed by atoms with van der Waals surface area (Å²) in [6.45, 7) is 6.94. The molecule has 3 nitrogen and oxygen atoms in total. The second-order valence-corrected chi connectivity index (χ2v) is 10.3. The van der Waals surface area contributed by atoms with Gasteiger partial charge in [0.15, 0.2) is 0 Å². The quantitative estimate of drug-likeness (QED) is 0.695. The Labute approximate surface area is 140 Å². The van der Waals surface area contributed by atoms with E-state index in [-0.39, 0.29) is 29.0 Å². The van der Waals surface area contributed by atoms with Crippen LogP contribution in [0.2, 0.25) is 0 Å². The van der Waals surface area contributed by atoms with Crippen LogP contribution >= 0.6 is 0 Å². The maximum absolute atomic E-state index is 10.9. The van der Waals surface area contributed by atoms with Gasteiger partial charge >= 0.3 is 0 Å². The molecule has 3 N–H and O–H groups in total. The number of hydrogen-bond donors (Lipinski definition) is 3. The minimum absolute atomic E-state index is 0.00263. The number of rotatable bonds is 1. The van der Waals surface area contributed by atoms with Crippen LogP contribution in [0, 0.1) is 34.0 Å². The largest absolute Gasteiger partial charge is 0.393 e. The zero-order valence-corrected chi connectivity index (χ0v) is 15.0. The summed E-state index contributed by atoms with van der Waals surface area (Å²) in [5.41, 5.74) is -0.310. The molecule has 0 aromatic rings. The van der Waals surface area contributed by atoms with Crippen LogP contribution < -0.4 is 0 Å². The van der Waals surface area contributed by atoms with Crippen LogP contribution in [0.3, 0.4) is 0 Å². The molecule has 0 heterocycles. The molecule has 0 saturated heterocycles. The molecule has 2 bridgehead atoms. The van der Waals surface area contributed by atoms with E-state index in [0.29, 0.717) is 17.8 Å². The summed E-state index contributed by atoms with van der Waals surface area (Å²) in [6, 6.07) is 0. The first-order chi connectivity index (χ1) is 10.7. The molecule has 4 aliphatic carbocycles. The van der Waals surface area contributed by atoms with Crippen molar-refractivity contribution in [1.82, 2.24) is 0 Å². The monoisotopic (exact) mass is 322 g/mol. The van der Waals surface area contributed by atoms with Gasteiger partial charge in [0.05, 0.1) is 18.3 Å². The van der Waals surface area contributed by atoms with E-state index in [1.54, 1.807) is 0 Å². The first kappa shape index (κ1) is 16.4. The van der Waals surface area contributed by atoms with Crippen LogP contribution in [0.15, 0.2) is 0 Å². The second kappa shape index (κ2) is 4.74. The van der Waals surface area contributed by atoms with Gasteiger partial charge in [-0.25, -0.2) is 0 Å². The molecule has 7 atom stereocenters. The average molecular weight is 322 g/mol. The molecule has 4 fully saturated rings. The van der Waals surface area contributed by atoms with Crippen molar-refractivity contribution in [2.75, 3.05) is 6.61 Å². The summed E-state index contributed by atoms with van der Waals surface area (Å²) in [6.07, 6.45) is 8.39. The Kier molecular flexibility index (Phi) is 3.37. The van der Waals surface area contributed by atoms with Crippen molar-refractivity contribution in [3.05, 3.63) is 0 Å². The fourth-order valence-electron chi connectivity index (χ4n) is 8.02. The highest BCUT2D eigenvalue weighted by Crippen LogP contribution is 2.72. The Morgan fingerprint density at radius 2 is 1.70 bits per heavy atom. The summed E-state index contributed by atoms with van der Waals surface area (Å²) >= 11 is 0. The molecule has 0 aliphatic heterocycles. The maximum atomic E-state index is 10.9. The Hall–Kier alpha value is -0.120. The maximum Gasteiger partial charge on any atom is 0.0910 e. The average Bonchev–Trinajstić information content (AvgIpc) is 2.70. The Bertz CT molecular complexity index is 503. The molecular weight excluding hydrogens is 288 g/mol. The molecule has 1 spiro atoms. The summed E-state index contributed by atoms with van der Waals surface area (Å²) in [5, 5.41) is 31.3. The Balaban J connectivity index is 1.72. The molecule has 132 valence electrons. The fourth-order valence-corrected chi connectivity index (χ4v) is 8.02. The SMILES string of the molecule is CC1(C)[C@H](O)CC[C@]2(C)[C@H]1CC[C@@]13C[C@@H](CC[C@@H]12)[C@@](O)(CO)C3. The van der Waals surface area contributed by atoms with Gasteiger partial charge in [-0.2, -0.15) is 0 Å². The summed E-state index contributed by atoms with van der Waals surface area (Å²) in [4.78, 5) is 0. The third-order valence-electron chi connectivity index (χ3n) is 9.12. The normalized spacial score (nSPS) is 57.7. The molecule has 0 radical (unpaired) electrons. The van der Waals surface area contributed by atoms with Gasteiger partial charge in [-0.15, -0.1) is 0 Å². The molecule has 0 aromatic carbocycles. The number of fused-ring (bicyclic) bond motifs is 3. The predicted octanol–water partition coefficient (Wildman–Crippen LogP) is 3.11. The first-order valence-electron chi connectivity index (χ1n) is 9.69. The smallest absolute Gasteiger partial charge is 0.0910 e. The van der Waals surface area contributed by atoms with Gasteiger partial charge in [-0.3, -0.25) is 0 Å². The zero-order valence-electron chi connectivity index (χ0n) is 15.0.